The van der Waals surface area contributed by atoms with E-state index in [-0.39, 0.29) is 43.3 Å². The van der Waals surface area contributed by atoms with Crippen molar-refractivity contribution in [3.05, 3.63) is 71.0 Å². The van der Waals surface area contributed by atoms with Crippen molar-refractivity contribution < 1.29 is 18.8 Å². The lowest BCUT2D eigenvalue weighted by Gasteiger charge is -2.54. The average Bonchev–Trinajstić information content (AvgIpc) is 2.82. The van der Waals surface area contributed by atoms with Crippen LogP contribution in [-0.2, 0) is 22.7 Å². The Morgan fingerprint density at radius 1 is 1.06 bits per heavy atom. The highest BCUT2D eigenvalue weighted by Crippen LogP contribution is 2.28. The first-order valence-corrected chi connectivity index (χ1v) is 12.0. The van der Waals surface area contributed by atoms with Gasteiger partial charge in [0.1, 0.15) is 18.0 Å². The lowest BCUT2D eigenvalue weighted by Crippen LogP contribution is -2.75. The number of carbonyl (C=O) groups is 3. The van der Waals surface area contributed by atoms with E-state index in [9.17, 15) is 18.8 Å². The summed E-state index contributed by atoms with van der Waals surface area (Å²) in [5, 5.41) is 6.01. The van der Waals surface area contributed by atoms with Gasteiger partial charge in [-0.3, -0.25) is 9.59 Å². The third kappa shape index (κ3) is 5.30. The summed E-state index contributed by atoms with van der Waals surface area (Å²) in [7, 11) is 1.70. The molecule has 2 heterocycles. The molecule has 2 atom stereocenters. The molecular formula is C26H32FN5O3. The van der Waals surface area contributed by atoms with Crippen LogP contribution in [0.4, 0.5) is 9.18 Å². The normalized spacial score (nSPS) is 20.7. The number of nitrogens with zero attached hydrogens (tertiary/aromatic N) is 4. The van der Waals surface area contributed by atoms with Crippen LogP contribution in [0.15, 0.2) is 48.5 Å². The van der Waals surface area contributed by atoms with E-state index < -0.39 is 12.2 Å². The summed E-state index contributed by atoms with van der Waals surface area (Å²) in [5.41, 5.74) is 2.89. The Kier molecular flexibility index (Phi) is 7.35. The summed E-state index contributed by atoms with van der Waals surface area (Å²) < 4.78 is 13.2. The first kappa shape index (κ1) is 24.7. The van der Waals surface area contributed by atoms with Crippen LogP contribution in [0.1, 0.15) is 36.5 Å². The molecule has 1 N–H and O–H groups in total. The summed E-state index contributed by atoms with van der Waals surface area (Å²) in [5.74, 6) is -0.595. The maximum atomic E-state index is 13.5. The van der Waals surface area contributed by atoms with Gasteiger partial charge in [0.2, 0.25) is 11.8 Å². The SMILES string of the molecule is CCC[C@H]1C(=O)N(Cc2ccc(C)cc2)C[C@H]2N1C(=O)CN(C)N2C(=O)NCc1ccc(F)cc1. The van der Waals surface area contributed by atoms with Crippen LogP contribution in [-0.4, -0.2) is 70.0 Å². The van der Waals surface area contributed by atoms with E-state index in [0.29, 0.717) is 13.0 Å². The van der Waals surface area contributed by atoms with Gasteiger partial charge in [-0.05, 0) is 36.6 Å². The van der Waals surface area contributed by atoms with Crippen LogP contribution >= 0.6 is 0 Å². The molecule has 35 heavy (non-hydrogen) atoms. The Morgan fingerprint density at radius 2 is 1.71 bits per heavy atom. The van der Waals surface area contributed by atoms with Crippen molar-refractivity contribution in [2.75, 3.05) is 20.1 Å². The second-order valence-corrected chi connectivity index (χ2v) is 9.24. The minimum Gasteiger partial charge on any atom is -0.333 e. The first-order valence-electron chi connectivity index (χ1n) is 12.0. The van der Waals surface area contributed by atoms with Crippen molar-refractivity contribution in [1.29, 1.82) is 0 Å². The standard InChI is InChI=1S/C26H32FN5O3/c1-4-5-22-25(34)30(15-20-8-6-18(2)7-9-20)16-23-31(22)24(33)17-29(3)32(23)26(35)28-14-19-10-12-21(27)13-11-19/h6-13,22-23H,4-5,14-17H2,1-3H3,(H,28,35)/t22-,23-/m0/s1. The molecular weight excluding hydrogens is 449 g/mol. The zero-order valence-electron chi connectivity index (χ0n) is 20.4. The average molecular weight is 482 g/mol. The fourth-order valence-electron chi connectivity index (χ4n) is 4.77. The smallest absolute Gasteiger partial charge is 0.333 e. The van der Waals surface area contributed by atoms with Crippen LogP contribution in [0, 0.1) is 12.7 Å². The van der Waals surface area contributed by atoms with Crippen molar-refractivity contribution >= 4 is 17.8 Å². The van der Waals surface area contributed by atoms with Crippen molar-refractivity contribution in [1.82, 2.24) is 25.1 Å². The van der Waals surface area contributed by atoms with E-state index in [1.807, 2.05) is 38.1 Å². The van der Waals surface area contributed by atoms with Crippen molar-refractivity contribution in [2.45, 2.75) is 52.0 Å². The number of hydrazine groups is 1. The molecule has 2 aliphatic rings. The molecule has 2 aromatic carbocycles. The van der Waals surface area contributed by atoms with E-state index in [4.69, 9.17) is 0 Å². The molecule has 2 aliphatic heterocycles. The molecule has 2 fully saturated rings. The Bertz CT molecular complexity index is 1080. The molecule has 0 aliphatic carbocycles. The molecule has 4 rings (SSSR count). The molecule has 0 unspecified atom stereocenters. The van der Waals surface area contributed by atoms with Crippen LogP contribution in [0.25, 0.3) is 0 Å². The minimum absolute atomic E-state index is 0.00588. The molecule has 0 saturated carbocycles. The predicted octanol–water partition coefficient (Wildman–Crippen LogP) is 2.87. The summed E-state index contributed by atoms with van der Waals surface area (Å²) in [6.45, 7) is 4.84. The molecule has 0 bridgehead atoms. The van der Waals surface area contributed by atoms with Gasteiger partial charge in [0.25, 0.3) is 0 Å². The van der Waals surface area contributed by atoms with Gasteiger partial charge in [-0.15, -0.1) is 0 Å². The summed E-state index contributed by atoms with van der Waals surface area (Å²) >= 11 is 0. The fraction of sp³-hybridized carbons (Fsp3) is 0.423. The van der Waals surface area contributed by atoms with E-state index in [0.717, 1.165) is 23.1 Å². The van der Waals surface area contributed by atoms with Crippen LogP contribution in [0.5, 0.6) is 0 Å². The Hall–Kier alpha value is -3.46. The highest BCUT2D eigenvalue weighted by atomic mass is 19.1. The number of hydrogen-bond acceptors (Lipinski definition) is 4. The van der Waals surface area contributed by atoms with E-state index >= 15 is 0 Å². The largest absolute Gasteiger partial charge is 0.334 e. The van der Waals surface area contributed by atoms with Gasteiger partial charge in [0.05, 0.1) is 13.1 Å². The summed E-state index contributed by atoms with van der Waals surface area (Å²) in [6.07, 6.45) is 0.645. The topological polar surface area (TPSA) is 76.2 Å². The Morgan fingerprint density at radius 3 is 2.37 bits per heavy atom. The third-order valence-electron chi connectivity index (χ3n) is 6.56. The third-order valence-corrected chi connectivity index (χ3v) is 6.56. The van der Waals surface area contributed by atoms with Crippen molar-refractivity contribution in [3.8, 4) is 0 Å². The van der Waals surface area contributed by atoms with Gasteiger partial charge >= 0.3 is 6.03 Å². The maximum absolute atomic E-state index is 13.5. The van der Waals surface area contributed by atoms with E-state index in [1.54, 1.807) is 34.0 Å². The van der Waals surface area contributed by atoms with Crippen LogP contribution in [0.2, 0.25) is 0 Å². The number of carbonyl (C=O) groups excluding carboxylic acids is 3. The lowest BCUT2D eigenvalue weighted by atomic mass is 10.0. The number of piperazine rings is 1. The Balaban J connectivity index is 1.58. The number of amides is 4. The van der Waals surface area contributed by atoms with Crippen LogP contribution < -0.4 is 5.32 Å². The minimum atomic E-state index is -0.617. The van der Waals surface area contributed by atoms with E-state index in [2.05, 4.69) is 5.32 Å². The van der Waals surface area contributed by atoms with Gasteiger partial charge in [-0.25, -0.2) is 19.2 Å². The van der Waals surface area contributed by atoms with Gasteiger partial charge in [0, 0.05) is 20.1 Å². The molecule has 8 nitrogen and oxygen atoms in total. The second-order valence-electron chi connectivity index (χ2n) is 9.24. The zero-order valence-corrected chi connectivity index (χ0v) is 20.4. The molecule has 9 heteroatoms. The number of likely N-dealkylation sites (N-methyl/N-ethyl adjacent to an activating group) is 1. The number of hydrogen-bond donors (Lipinski definition) is 1. The van der Waals surface area contributed by atoms with Crippen LogP contribution in [0.3, 0.4) is 0 Å². The number of rotatable bonds is 6. The molecule has 2 saturated heterocycles. The van der Waals surface area contributed by atoms with Gasteiger partial charge in [-0.1, -0.05) is 55.3 Å². The number of urea groups is 1. The van der Waals surface area contributed by atoms with E-state index in [1.165, 1.54) is 17.1 Å². The number of aryl methyl sites for hydroxylation is 1. The van der Waals surface area contributed by atoms with Crippen molar-refractivity contribution in [2.24, 2.45) is 0 Å². The van der Waals surface area contributed by atoms with Gasteiger partial charge < -0.3 is 15.1 Å². The second kappa shape index (κ2) is 10.4. The number of nitrogens with one attached hydrogen (secondary N) is 1. The van der Waals surface area contributed by atoms with Gasteiger partial charge in [-0.2, -0.15) is 0 Å². The lowest BCUT2D eigenvalue weighted by molar-refractivity contribution is -0.188. The molecule has 186 valence electrons. The highest BCUT2D eigenvalue weighted by Gasteiger charge is 2.50. The molecule has 4 amide bonds. The number of benzene rings is 2. The Labute approximate surface area is 205 Å². The molecule has 0 aromatic heterocycles. The maximum Gasteiger partial charge on any atom is 0.334 e. The molecule has 0 spiro atoms. The fourth-order valence-corrected chi connectivity index (χ4v) is 4.77. The molecule has 0 radical (unpaired) electrons. The highest BCUT2D eigenvalue weighted by molar-refractivity contribution is 5.91. The summed E-state index contributed by atoms with van der Waals surface area (Å²) in [4.78, 5) is 43.2. The first-order chi connectivity index (χ1) is 16.8. The molecule has 2 aromatic rings. The predicted molar refractivity (Wildman–Crippen MR) is 129 cm³/mol. The number of halogens is 1. The number of fused-ring (bicyclic) bond motifs is 1. The quantitative estimate of drug-likeness (QED) is 0.689. The summed E-state index contributed by atoms with van der Waals surface area (Å²) in [6, 6.07) is 12.9. The zero-order chi connectivity index (χ0) is 25.1. The van der Waals surface area contributed by atoms with Crippen molar-refractivity contribution in [3.63, 3.8) is 0 Å². The van der Waals surface area contributed by atoms with Gasteiger partial charge in [0.15, 0.2) is 0 Å². The monoisotopic (exact) mass is 481 g/mol.